The first-order chi connectivity index (χ1) is 34.7. The summed E-state index contributed by atoms with van der Waals surface area (Å²) in [6.07, 6.45) is -10.4. The van der Waals surface area contributed by atoms with E-state index < -0.39 is 46.9 Å². The van der Waals surface area contributed by atoms with E-state index in [4.69, 9.17) is 5.11 Å². The fourth-order valence-corrected chi connectivity index (χ4v) is 10.6. The Bertz CT molecular complexity index is 2680. The number of alkyl halides is 6. The van der Waals surface area contributed by atoms with Crippen LogP contribution >= 0.6 is 0 Å². The van der Waals surface area contributed by atoms with Crippen molar-refractivity contribution < 1.29 is 60.8 Å². The summed E-state index contributed by atoms with van der Waals surface area (Å²) >= 11 is 0. The fourth-order valence-electron chi connectivity index (χ4n) is 6.43. The molecule has 0 amide bonds. The van der Waals surface area contributed by atoms with Gasteiger partial charge in [-0.3, -0.25) is 4.79 Å². The minimum atomic E-state index is -5.23. The molecule has 1 N–H and O–H groups in total. The van der Waals surface area contributed by atoms with E-state index in [0.29, 0.717) is 0 Å². The van der Waals surface area contributed by atoms with Crippen molar-refractivity contribution in [3.8, 4) is 0 Å². The zero-order valence-electron chi connectivity index (χ0n) is 45.6. The highest BCUT2D eigenvalue weighted by atomic mass is 32.2. The number of aliphatic hydroxyl groups is 1. The number of rotatable bonds is 9. The standard InChI is InChI=1S/C26H31S.C22H23S.C9H13F3O4.C4H5F3O3/c1-25(2,3)20-12-16-23(17-13-20)27(22-10-8-7-9-11-22)24-18-14-21(15-19-24)26(4,5)6;1-22(2,3)18-14-16-21(17-15-18)23(19-10-6-4-7-11-19)20-12-8-5-9-13-20;1-7(2,3)6(15)16-8(4,5(13)14)9(10,11)12;1-3(10,2(8)9)4(5,6)7/h7-19H,1-6H3;4-17H,1-3H3;1-4H3,(H,13,14);10H,1H3,(H,8,9)/q2*+1;;/p-2. The number of carboxylic acid groups (broad SMARTS) is 2. The molecule has 0 fully saturated rings. The average molecular weight is 1090 g/mol. The number of hydrogen-bond donors (Lipinski definition) is 1. The first-order valence-electron chi connectivity index (χ1n) is 24.2. The van der Waals surface area contributed by atoms with Crippen LogP contribution in [-0.4, -0.2) is 46.6 Å². The number of ether oxygens (including phenoxy) is 1. The third kappa shape index (κ3) is 17.8. The van der Waals surface area contributed by atoms with E-state index in [1.54, 1.807) is 0 Å². The molecule has 0 bridgehead atoms. The monoisotopic (exact) mass is 1090 g/mol. The van der Waals surface area contributed by atoms with Gasteiger partial charge in [0.15, 0.2) is 35.0 Å². The predicted octanol–water partition coefficient (Wildman–Crippen LogP) is 13.2. The van der Waals surface area contributed by atoms with E-state index in [2.05, 4.69) is 231 Å². The molecule has 0 aliphatic rings. The zero-order chi connectivity index (χ0) is 57.9. The molecule has 0 saturated carbocycles. The van der Waals surface area contributed by atoms with Crippen LogP contribution in [0.5, 0.6) is 0 Å². The van der Waals surface area contributed by atoms with Gasteiger partial charge in [0.05, 0.1) is 39.1 Å². The lowest BCUT2D eigenvalue weighted by molar-refractivity contribution is -0.353. The molecule has 7 nitrogen and oxygen atoms in total. The number of carboxylic acids is 2. The van der Waals surface area contributed by atoms with E-state index in [9.17, 15) is 50.9 Å². The second-order valence-electron chi connectivity index (χ2n) is 22.2. The van der Waals surface area contributed by atoms with Crippen LogP contribution in [-0.2, 0) is 57.2 Å². The van der Waals surface area contributed by atoms with Crippen molar-refractivity contribution in [3.63, 3.8) is 0 Å². The van der Waals surface area contributed by atoms with Crippen molar-refractivity contribution in [1.29, 1.82) is 0 Å². The maximum Gasteiger partial charge on any atom is 0.433 e. The molecule has 15 heteroatoms. The smallest absolute Gasteiger partial charge is 0.433 e. The Labute approximate surface area is 450 Å². The SMILES string of the molecule is CC(C)(C)C(=O)OC(C)(C(=O)[O-])C(F)(F)F.CC(C)(C)c1ccc([S+](c2ccccc2)c2ccc(C(C)(C)C)cc2)cc1.CC(C)(C)c1ccc([S+](c2ccccc2)c2ccccc2)cc1.CC(O)(C(=O)[O-])C(F)(F)F. The number of carbonyl (C=O) groups is 3. The molecule has 6 aromatic rings. The second kappa shape index (κ2) is 25.4. The number of aliphatic carboxylic acids is 2. The van der Waals surface area contributed by atoms with E-state index in [-0.39, 0.29) is 51.9 Å². The highest BCUT2D eigenvalue weighted by Crippen LogP contribution is 2.37. The summed E-state index contributed by atoms with van der Waals surface area (Å²) in [7, 11) is -0.134. The molecule has 0 aliphatic carbocycles. The van der Waals surface area contributed by atoms with Crippen LogP contribution in [0.15, 0.2) is 193 Å². The van der Waals surface area contributed by atoms with Gasteiger partial charge in [-0.05, 0) is 140 Å². The summed E-state index contributed by atoms with van der Waals surface area (Å²) in [6, 6.07) is 60.0. The molecule has 2 atom stereocenters. The van der Waals surface area contributed by atoms with Crippen LogP contribution in [0.2, 0.25) is 0 Å². The number of benzene rings is 6. The molecular weight excluding hydrogens is 1020 g/mol. The van der Waals surface area contributed by atoms with Crippen molar-refractivity contribution in [1.82, 2.24) is 0 Å². The summed E-state index contributed by atoms with van der Waals surface area (Å²) in [5.41, 5.74) is -3.93. The van der Waals surface area contributed by atoms with Crippen LogP contribution in [0, 0.1) is 5.41 Å². The van der Waals surface area contributed by atoms with E-state index in [1.165, 1.54) is 66.8 Å². The van der Waals surface area contributed by atoms with E-state index >= 15 is 0 Å². The second-order valence-corrected chi connectivity index (χ2v) is 26.2. The average Bonchev–Trinajstić information content (AvgIpc) is 3.32. The third-order valence-corrected chi connectivity index (χ3v) is 16.1. The first kappa shape index (κ1) is 64.3. The molecule has 6 rings (SSSR count). The molecule has 0 radical (unpaired) electrons. The lowest BCUT2D eigenvalue weighted by atomic mass is 9.87. The lowest BCUT2D eigenvalue weighted by Gasteiger charge is -2.34. The zero-order valence-corrected chi connectivity index (χ0v) is 47.2. The van der Waals surface area contributed by atoms with Gasteiger partial charge in [-0.25, -0.2) is 0 Å². The molecule has 0 heterocycles. The van der Waals surface area contributed by atoms with Gasteiger partial charge in [0, 0.05) is 0 Å². The number of esters is 1. The van der Waals surface area contributed by atoms with E-state index in [0.717, 1.165) is 0 Å². The Morgan fingerprint density at radius 3 is 0.776 bits per heavy atom. The Kier molecular flexibility index (Phi) is 21.5. The molecule has 76 heavy (non-hydrogen) atoms. The number of carbonyl (C=O) groups excluding carboxylic acids is 3. The summed E-state index contributed by atoms with van der Waals surface area (Å²) in [5.74, 6) is -6.32. The molecule has 0 spiro atoms. The maximum atomic E-state index is 12.4. The molecule has 2 unspecified atom stereocenters. The Morgan fingerprint density at radius 1 is 0.382 bits per heavy atom. The summed E-state index contributed by atoms with van der Waals surface area (Å²) in [4.78, 5) is 39.4. The Morgan fingerprint density at radius 2 is 0.618 bits per heavy atom. The molecular formula is C61H70F6O7S2. The van der Waals surface area contributed by atoms with Crippen LogP contribution in [0.25, 0.3) is 0 Å². The highest BCUT2D eigenvalue weighted by molar-refractivity contribution is 7.97. The van der Waals surface area contributed by atoms with Gasteiger partial charge in [0.2, 0.25) is 5.60 Å². The minimum Gasteiger partial charge on any atom is -0.547 e. The van der Waals surface area contributed by atoms with Crippen LogP contribution in [0.1, 0.15) is 114 Å². The van der Waals surface area contributed by atoms with Gasteiger partial charge >= 0.3 is 18.3 Å². The summed E-state index contributed by atoms with van der Waals surface area (Å²) < 4.78 is 75.5. The molecule has 0 aromatic heterocycles. The van der Waals surface area contributed by atoms with Crippen molar-refractivity contribution in [2.75, 3.05) is 0 Å². The van der Waals surface area contributed by atoms with Gasteiger partial charge in [-0.2, -0.15) is 26.3 Å². The predicted molar refractivity (Wildman–Crippen MR) is 286 cm³/mol. The van der Waals surface area contributed by atoms with Crippen molar-refractivity contribution in [3.05, 3.63) is 180 Å². The summed E-state index contributed by atoms with van der Waals surface area (Å²) in [6.45, 7) is 24.7. The quantitative estimate of drug-likeness (QED) is 0.0868. The first-order valence-corrected chi connectivity index (χ1v) is 26.7. The van der Waals surface area contributed by atoms with Crippen molar-refractivity contribution in [2.24, 2.45) is 5.41 Å². The van der Waals surface area contributed by atoms with Gasteiger partial charge in [0.25, 0.3) is 0 Å². The maximum absolute atomic E-state index is 12.4. The van der Waals surface area contributed by atoms with Crippen LogP contribution < -0.4 is 10.2 Å². The largest absolute Gasteiger partial charge is 0.547 e. The topological polar surface area (TPSA) is 127 Å². The summed E-state index contributed by atoms with van der Waals surface area (Å²) in [5, 5.41) is 28.1. The lowest BCUT2D eigenvalue weighted by Crippen LogP contribution is -2.59. The van der Waals surface area contributed by atoms with E-state index in [1.807, 2.05) is 0 Å². The van der Waals surface area contributed by atoms with Gasteiger partial charge < -0.3 is 29.6 Å². The number of halogens is 6. The normalized spacial score (nSPS) is 13.8. The van der Waals surface area contributed by atoms with Crippen LogP contribution in [0.4, 0.5) is 26.3 Å². The van der Waals surface area contributed by atoms with Crippen molar-refractivity contribution >= 4 is 39.7 Å². The minimum absolute atomic E-state index is 0.0497. The van der Waals surface area contributed by atoms with Gasteiger partial charge in [-0.1, -0.05) is 153 Å². The molecule has 0 saturated heterocycles. The van der Waals surface area contributed by atoms with Gasteiger partial charge in [0.1, 0.15) is 0 Å². The van der Waals surface area contributed by atoms with Crippen molar-refractivity contribution in [2.45, 2.75) is 166 Å². The molecule has 410 valence electrons. The third-order valence-electron chi connectivity index (χ3n) is 11.6. The Hall–Kier alpha value is -6.03. The fraction of sp³-hybridized carbons (Fsp3) is 0.361. The van der Waals surface area contributed by atoms with Gasteiger partial charge in [-0.15, -0.1) is 0 Å². The highest BCUT2D eigenvalue weighted by Gasteiger charge is 2.57. The number of hydrogen-bond acceptors (Lipinski definition) is 7. The van der Waals surface area contributed by atoms with Crippen LogP contribution in [0.3, 0.4) is 0 Å². The Balaban J connectivity index is 0.000000283. The molecule has 6 aromatic carbocycles. The molecule has 0 aliphatic heterocycles.